The molecule has 0 unspecified atom stereocenters. The zero-order valence-corrected chi connectivity index (χ0v) is 12.4. The van der Waals surface area contributed by atoms with E-state index in [-0.39, 0.29) is 5.91 Å². The van der Waals surface area contributed by atoms with Crippen molar-refractivity contribution in [1.29, 1.82) is 0 Å². The number of nitrogens with two attached hydrogens (primary N) is 1. The number of nitrogens with zero attached hydrogens (tertiary/aromatic N) is 1. The van der Waals surface area contributed by atoms with Gasteiger partial charge in [0.05, 0.1) is 6.54 Å². The molecule has 1 amide bonds. The zero-order chi connectivity index (χ0) is 14.8. The third kappa shape index (κ3) is 6.54. The third-order valence-electron chi connectivity index (χ3n) is 2.89. The molecular weight excluding hydrogens is 254 g/mol. The van der Waals surface area contributed by atoms with Crippen molar-refractivity contribution in [2.24, 2.45) is 5.73 Å². The van der Waals surface area contributed by atoms with Gasteiger partial charge in [-0.15, -0.1) is 0 Å². The number of hydrogen-bond donors (Lipinski definition) is 2. The topological polar surface area (TPSA) is 67.6 Å². The minimum atomic E-state index is 0.0427. The van der Waals surface area contributed by atoms with E-state index in [0.29, 0.717) is 32.8 Å². The average molecular weight is 279 g/mol. The van der Waals surface area contributed by atoms with Crippen LogP contribution < -0.4 is 15.8 Å². The Balaban J connectivity index is 2.24. The fourth-order valence-corrected chi connectivity index (χ4v) is 1.82. The normalized spacial score (nSPS) is 10.6. The van der Waals surface area contributed by atoms with Crippen molar-refractivity contribution in [1.82, 2.24) is 10.2 Å². The molecule has 0 aliphatic heterocycles. The van der Waals surface area contributed by atoms with E-state index in [1.54, 1.807) is 0 Å². The molecule has 0 aromatic heterocycles. The van der Waals surface area contributed by atoms with Crippen molar-refractivity contribution in [3.63, 3.8) is 0 Å². The first-order chi connectivity index (χ1) is 9.65. The van der Waals surface area contributed by atoms with Gasteiger partial charge in [-0.25, -0.2) is 0 Å². The number of benzene rings is 1. The summed E-state index contributed by atoms with van der Waals surface area (Å²) < 4.78 is 5.65. The molecule has 0 heterocycles. The number of nitrogens with one attached hydrogen (secondary N) is 1. The maximum absolute atomic E-state index is 11.4. The van der Waals surface area contributed by atoms with Crippen LogP contribution in [0, 0.1) is 0 Å². The van der Waals surface area contributed by atoms with Gasteiger partial charge in [-0.1, -0.05) is 12.1 Å². The maximum Gasteiger partial charge on any atom is 0.234 e. The number of hydrogen-bond acceptors (Lipinski definition) is 4. The van der Waals surface area contributed by atoms with Crippen LogP contribution in [0.25, 0.3) is 0 Å². The van der Waals surface area contributed by atoms with Crippen LogP contribution in [-0.2, 0) is 11.2 Å². The van der Waals surface area contributed by atoms with Crippen molar-refractivity contribution < 1.29 is 9.53 Å². The molecule has 5 nitrogen and oxygen atoms in total. The number of carbonyl (C=O) groups excluding carboxylic acids is 1. The quantitative estimate of drug-likeness (QED) is 0.696. The van der Waals surface area contributed by atoms with Gasteiger partial charge in [0, 0.05) is 13.1 Å². The first kappa shape index (κ1) is 16.5. The van der Waals surface area contributed by atoms with E-state index in [1.165, 1.54) is 5.56 Å². The molecule has 0 aliphatic rings. The summed E-state index contributed by atoms with van der Waals surface area (Å²) in [5.74, 6) is 0.887. The van der Waals surface area contributed by atoms with E-state index in [4.69, 9.17) is 10.5 Å². The molecule has 112 valence electrons. The molecule has 0 fully saturated rings. The number of likely N-dealkylation sites (N-methyl/N-ethyl adjacent to an activating group) is 2. The van der Waals surface area contributed by atoms with Crippen LogP contribution in [0.5, 0.6) is 5.75 Å². The second-order valence-corrected chi connectivity index (χ2v) is 4.72. The summed E-state index contributed by atoms with van der Waals surface area (Å²) >= 11 is 0. The highest BCUT2D eigenvalue weighted by atomic mass is 16.5. The molecule has 20 heavy (non-hydrogen) atoms. The molecule has 0 saturated heterocycles. The molecule has 1 aromatic carbocycles. The van der Waals surface area contributed by atoms with Crippen LogP contribution in [0.3, 0.4) is 0 Å². The lowest BCUT2D eigenvalue weighted by Crippen LogP contribution is -2.36. The first-order valence-electron chi connectivity index (χ1n) is 7.02. The molecule has 0 spiro atoms. The number of carbonyl (C=O) groups is 1. The minimum Gasteiger partial charge on any atom is -0.492 e. The largest absolute Gasteiger partial charge is 0.492 e. The second kappa shape index (κ2) is 9.34. The van der Waals surface area contributed by atoms with Crippen LogP contribution in [0.1, 0.15) is 12.5 Å². The van der Waals surface area contributed by atoms with E-state index in [0.717, 1.165) is 12.2 Å². The molecule has 0 saturated carbocycles. The molecule has 1 rings (SSSR count). The van der Waals surface area contributed by atoms with E-state index in [2.05, 4.69) is 5.32 Å². The van der Waals surface area contributed by atoms with Crippen LogP contribution in [0.4, 0.5) is 0 Å². The molecule has 3 N–H and O–H groups in total. The summed E-state index contributed by atoms with van der Waals surface area (Å²) in [5, 5.41) is 2.77. The van der Waals surface area contributed by atoms with Crippen LogP contribution in [-0.4, -0.2) is 50.6 Å². The summed E-state index contributed by atoms with van der Waals surface area (Å²) in [7, 11) is 1.91. The Morgan fingerprint density at radius 3 is 2.65 bits per heavy atom. The van der Waals surface area contributed by atoms with Gasteiger partial charge < -0.3 is 15.8 Å². The summed E-state index contributed by atoms with van der Waals surface area (Å²) in [4.78, 5) is 13.3. The molecule has 1 aromatic rings. The lowest BCUT2D eigenvalue weighted by Gasteiger charge is -2.16. The van der Waals surface area contributed by atoms with Gasteiger partial charge in [-0.3, -0.25) is 9.69 Å². The Hall–Kier alpha value is -1.59. The Morgan fingerprint density at radius 2 is 2.05 bits per heavy atom. The number of rotatable bonds is 9. The first-order valence-corrected chi connectivity index (χ1v) is 7.02. The summed E-state index contributed by atoms with van der Waals surface area (Å²) in [6, 6.07) is 7.96. The lowest BCUT2D eigenvalue weighted by molar-refractivity contribution is -0.121. The van der Waals surface area contributed by atoms with Gasteiger partial charge in [-0.2, -0.15) is 0 Å². The summed E-state index contributed by atoms with van der Waals surface area (Å²) in [5.41, 5.74) is 6.72. The van der Waals surface area contributed by atoms with Crippen molar-refractivity contribution >= 4 is 5.91 Å². The molecule has 0 bridgehead atoms. The van der Waals surface area contributed by atoms with Crippen molar-refractivity contribution in [2.45, 2.75) is 13.3 Å². The van der Waals surface area contributed by atoms with Gasteiger partial charge in [0.1, 0.15) is 12.4 Å². The predicted octanol–water partition coefficient (Wildman–Crippen LogP) is 0.635. The Morgan fingerprint density at radius 1 is 1.35 bits per heavy atom. The van der Waals surface area contributed by atoms with Gasteiger partial charge >= 0.3 is 0 Å². The molecule has 0 radical (unpaired) electrons. The monoisotopic (exact) mass is 279 g/mol. The van der Waals surface area contributed by atoms with Gasteiger partial charge in [-0.05, 0) is 44.6 Å². The standard InChI is InChI=1S/C15H25N3O2/c1-3-17-15(19)12-18(2)10-11-20-14-6-4-13(5-7-14)8-9-16/h4-7H,3,8-12,16H2,1-2H3,(H,17,19). The van der Waals surface area contributed by atoms with E-state index >= 15 is 0 Å². The fourth-order valence-electron chi connectivity index (χ4n) is 1.82. The predicted molar refractivity (Wildman–Crippen MR) is 80.9 cm³/mol. The Labute approximate surface area is 121 Å². The van der Waals surface area contributed by atoms with Gasteiger partial charge in [0.15, 0.2) is 0 Å². The van der Waals surface area contributed by atoms with Crippen LogP contribution >= 0.6 is 0 Å². The summed E-state index contributed by atoms with van der Waals surface area (Å²) in [6.45, 7) is 4.90. The Kier molecular flexibility index (Phi) is 7.69. The second-order valence-electron chi connectivity index (χ2n) is 4.72. The highest BCUT2D eigenvalue weighted by Gasteiger charge is 2.05. The smallest absolute Gasteiger partial charge is 0.234 e. The van der Waals surface area contributed by atoms with Crippen LogP contribution in [0.15, 0.2) is 24.3 Å². The SMILES string of the molecule is CCNC(=O)CN(C)CCOc1ccc(CCN)cc1. The van der Waals surface area contributed by atoms with Gasteiger partial charge in [0.2, 0.25) is 5.91 Å². The highest BCUT2D eigenvalue weighted by Crippen LogP contribution is 2.12. The van der Waals surface area contributed by atoms with Crippen LogP contribution in [0.2, 0.25) is 0 Å². The maximum atomic E-state index is 11.4. The van der Waals surface area contributed by atoms with E-state index in [1.807, 2.05) is 43.1 Å². The number of ether oxygens (including phenoxy) is 1. The number of amides is 1. The highest BCUT2D eigenvalue weighted by molar-refractivity contribution is 5.77. The zero-order valence-electron chi connectivity index (χ0n) is 12.4. The molecule has 0 atom stereocenters. The molecule has 5 heteroatoms. The van der Waals surface area contributed by atoms with E-state index in [9.17, 15) is 4.79 Å². The van der Waals surface area contributed by atoms with Crippen molar-refractivity contribution in [3.8, 4) is 5.75 Å². The van der Waals surface area contributed by atoms with Crippen molar-refractivity contribution in [3.05, 3.63) is 29.8 Å². The Bertz CT molecular complexity index is 393. The van der Waals surface area contributed by atoms with E-state index < -0.39 is 0 Å². The van der Waals surface area contributed by atoms with Gasteiger partial charge in [0.25, 0.3) is 0 Å². The lowest BCUT2D eigenvalue weighted by atomic mass is 10.1. The minimum absolute atomic E-state index is 0.0427. The average Bonchev–Trinajstić information content (AvgIpc) is 2.41. The summed E-state index contributed by atoms with van der Waals surface area (Å²) in [6.07, 6.45) is 0.884. The third-order valence-corrected chi connectivity index (χ3v) is 2.89. The fraction of sp³-hybridized carbons (Fsp3) is 0.533. The molecule has 0 aliphatic carbocycles. The van der Waals surface area contributed by atoms with Crippen molar-refractivity contribution in [2.75, 3.05) is 39.8 Å². The molecular formula is C15H25N3O2.